The molecule has 7 heteroatoms. The topological polar surface area (TPSA) is 73.0 Å². The Morgan fingerprint density at radius 1 is 1.23 bits per heavy atom. The molecule has 0 radical (unpaired) electrons. The molecule has 0 atom stereocenters. The van der Waals surface area contributed by atoms with Crippen molar-refractivity contribution in [1.82, 2.24) is 19.9 Å². The number of carbonyl (C=O) groups is 1. The molecule has 6 nitrogen and oxygen atoms in total. The average molecular weight is 364 g/mol. The predicted molar refractivity (Wildman–Crippen MR) is 99.3 cm³/mol. The zero-order chi connectivity index (χ0) is 17.9. The molecule has 0 aliphatic carbocycles. The second-order valence-electron chi connectivity index (χ2n) is 5.67. The largest absolute Gasteiger partial charge is 0.463 e. The molecule has 130 valence electrons. The van der Waals surface area contributed by atoms with E-state index in [1.54, 1.807) is 12.5 Å². The fraction of sp³-hybridized carbons (Fsp3) is 0.105. The van der Waals surface area contributed by atoms with Gasteiger partial charge in [-0.1, -0.05) is 17.4 Å². The zero-order valence-corrected chi connectivity index (χ0v) is 14.9. The quantitative estimate of drug-likeness (QED) is 0.584. The summed E-state index contributed by atoms with van der Waals surface area (Å²) < 4.78 is 7.32. The molecule has 0 spiro atoms. The van der Waals surface area contributed by atoms with Gasteiger partial charge in [0.1, 0.15) is 10.6 Å². The van der Waals surface area contributed by atoms with E-state index in [9.17, 15) is 4.79 Å². The summed E-state index contributed by atoms with van der Waals surface area (Å²) in [4.78, 5) is 22.1. The van der Waals surface area contributed by atoms with Crippen molar-refractivity contribution in [1.29, 1.82) is 0 Å². The van der Waals surface area contributed by atoms with Gasteiger partial charge in [0.2, 0.25) is 0 Å². The van der Waals surface area contributed by atoms with Crippen molar-refractivity contribution in [2.24, 2.45) is 0 Å². The van der Waals surface area contributed by atoms with Gasteiger partial charge in [0, 0.05) is 30.7 Å². The van der Waals surface area contributed by atoms with Crippen molar-refractivity contribution < 1.29 is 9.21 Å². The molecule has 0 unspecified atom stereocenters. The highest BCUT2D eigenvalue weighted by Gasteiger charge is 2.17. The first-order valence-electron chi connectivity index (χ1n) is 8.09. The van der Waals surface area contributed by atoms with E-state index in [0.29, 0.717) is 22.9 Å². The minimum Gasteiger partial charge on any atom is -0.463 e. The number of nitrogens with one attached hydrogen (secondary N) is 1. The number of rotatable bonds is 5. The molecule has 0 aromatic carbocycles. The Morgan fingerprint density at radius 3 is 2.85 bits per heavy atom. The molecule has 1 N–H and O–H groups in total. The molecule has 4 aromatic rings. The second-order valence-corrected chi connectivity index (χ2v) is 6.65. The van der Waals surface area contributed by atoms with Crippen LogP contribution in [0.1, 0.15) is 20.9 Å². The summed E-state index contributed by atoms with van der Waals surface area (Å²) >= 11 is 1.37. The SMILES string of the molecule is Cc1nc(-n2cccc2)sc1C(=O)NCc1cccnc1-c1ccco1. The highest BCUT2D eigenvalue weighted by Crippen LogP contribution is 2.23. The molecule has 0 saturated carbocycles. The van der Waals surface area contributed by atoms with Gasteiger partial charge in [-0.3, -0.25) is 9.78 Å². The van der Waals surface area contributed by atoms with Crippen LogP contribution in [0.25, 0.3) is 16.6 Å². The molecule has 0 aliphatic rings. The van der Waals surface area contributed by atoms with Gasteiger partial charge in [-0.05, 0) is 37.3 Å². The molecule has 0 fully saturated rings. The number of amides is 1. The standard InChI is InChI=1S/C19H16N4O2S/c1-13-17(26-19(22-13)23-9-2-3-10-23)18(24)21-12-14-6-4-8-20-16(14)15-7-5-11-25-15/h2-11H,12H2,1H3,(H,21,24). The third kappa shape index (κ3) is 3.16. The van der Waals surface area contributed by atoms with Crippen LogP contribution in [0, 0.1) is 6.92 Å². The maximum atomic E-state index is 12.6. The molecule has 4 rings (SSSR count). The van der Waals surface area contributed by atoms with E-state index in [4.69, 9.17) is 4.42 Å². The number of carbonyl (C=O) groups excluding carboxylic acids is 1. The summed E-state index contributed by atoms with van der Waals surface area (Å²) in [5.74, 6) is 0.534. The summed E-state index contributed by atoms with van der Waals surface area (Å²) in [5, 5.41) is 3.73. The minimum absolute atomic E-state index is 0.146. The summed E-state index contributed by atoms with van der Waals surface area (Å²) in [6.07, 6.45) is 7.13. The Kier molecular flexibility index (Phi) is 4.37. The number of furan rings is 1. The number of nitrogens with zero attached hydrogens (tertiary/aromatic N) is 3. The van der Waals surface area contributed by atoms with E-state index in [-0.39, 0.29) is 5.91 Å². The summed E-state index contributed by atoms with van der Waals surface area (Å²) in [6.45, 7) is 2.20. The van der Waals surface area contributed by atoms with Gasteiger partial charge in [-0.15, -0.1) is 0 Å². The molecule has 0 aliphatic heterocycles. The number of aryl methyl sites for hydroxylation is 1. The zero-order valence-electron chi connectivity index (χ0n) is 14.0. The van der Waals surface area contributed by atoms with Gasteiger partial charge in [-0.25, -0.2) is 4.98 Å². The maximum absolute atomic E-state index is 12.6. The monoisotopic (exact) mass is 364 g/mol. The van der Waals surface area contributed by atoms with E-state index in [0.717, 1.165) is 16.4 Å². The summed E-state index contributed by atoms with van der Waals surface area (Å²) in [7, 11) is 0. The number of hydrogen-bond acceptors (Lipinski definition) is 5. The number of aromatic nitrogens is 3. The van der Waals surface area contributed by atoms with E-state index in [2.05, 4.69) is 15.3 Å². The van der Waals surface area contributed by atoms with Crippen molar-refractivity contribution in [3.8, 4) is 16.6 Å². The van der Waals surface area contributed by atoms with E-state index < -0.39 is 0 Å². The van der Waals surface area contributed by atoms with Crippen molar-refractivity contribution in [3.05, 3.63) is 77.4 Å². The van der Waals surface area contributed by atoms with Crippen LogP contribution < -0.4 is 5.32 Å². The molecule has 26 heavy (non-hydrogen) atoms. The Hall–Kier alpha value is -3.19. The van der Waals surface area contributed by atoms with Crippen LogP contribution in [0.5, 0.6) is 0 Å². The minimum atomic E-state index is -0.146. The van der Waals surface area contributed by atoms with Crippen molar-refractivity contribution in [2.75, 3.05) is 0 Å². The molecule has 4 heterocycles. The van der Waals surface area contributed by atoms with Crippen molar-refractivity contribution in [2.45, 2.75) is 13.5 Å². The Labute approximate surface area is 154 Å². The van der Waals surface area contributed by atoms with Gasteiger partial charge in [-0.2, -0.15) is 0 Å². The maximum Gasteiger partial charge on any atom is 0.263 e. The van der Waals surface area contributed by atoms with Crippen LogP contribution in [-0.2, 0) is 6.54 Å². The third-order valence-corrected chi connectivity index (χ3v) is 5.07. The lowest BCUT2D eigenvalue weighted by Gasteiger charge is -2.07. The lowest BCUT2D eigenvalue weighted by atomic mass is 10.1. The number of thiazole rings is 1. The first-order chi connectivity index (χ1) is 12.7. The molecule has 4 aromatic heterocycles. The molecule has 0 bridgehead atoms. The Bertz CT molecular complexity index is 1020. The second kappa shape index (κ2) is 6.97. The molecule has 1 amide bonds. The summed E-state index contributed by atoms with van der Waals surface area (Å²) in [5.41, 5.74) is 2.34. The van der Waals surface area contributed by atoms with Crippen LogP contribution >= 0.6 is 11.3 Å². The Morgan fingerprint density at radius 2 is 2.08 bits per heavy atom. The third-order valence-electron chi connectivity index (χ3n) is 3.90. The van der Waals surface area contributed by atoms with E-state index in [1.165, 1.54) is 11.3 Å². The lowest BCUT2D eigenvalue weighted by molar-refractivity contribution is 0.0954. The highest BCUT2D eigenvalue weighted by molar-refractivity contribution is 7.16. The van der Waals surface area contributed by atoms with Gasteiger partial charge >= 0.3 is 0 Å². The van der Waals surface area contributed by atoms with Gasteiger partial charge in [0.05, 0.1) is 12.0 Å². The predicted octanol–water partition coefficient (Wildman–Crippen LogP) is 3.83. The van der Waals surface area contributed by atoms with E-state index in [1.807, 2.05) is 60.3 Å². The number of pyridine rings is 1. The molecule has 0 saturated heterocycles. The van der Waals surface area contributed by atoms with Crippen LogP contribution in [-0.4, -0.2) is 20.4 Å². The summed E-state index contributed by atoms with van der Waals surface area (Å²) in [6, 6.07) is 11.3. The Balaban J connectivity index is 1.52. The van der Waals surface area contributed by atoms with E-state index >= 15 is 0 Å². The first kappa shape index (κ1) is 16.3. The van der Waals surface area contributed by atoms with Gasteiger partial charge < -0.3 is 14.3 Å². The van der Waals surface area contributed by atoms with Crippen LogP contribution in [0.3, 0.4) is 0 Å². The number of hydrogen-bond donors (Lipinski definition) is 1. The lowest BCUT2D eigenvalue weighted by Crippen LogP contribution is -2.23. The van der Waals surface area contributed by atoms with Crippen molar-refractivity contribution in [3.63, 3.8) is 0 Å². The highest BCUT2D eigenvalue weighted by atomic mass is 32.1. The van der Waals surface area contributed by atoms with Crippen LogP contribution in [0.4, 0.5) is 0 Å². The van der Waals surface area contributed by atoms with Crippen LogP contribution in [0.15, 0.2) is 65.7 Å². The normalized spacial score (nSPS) is 10.8. The fourth-order valence-corrected chi connectivity index (χ4v) is 3.59. The molecular formula is C19H16N4O2S. The van der Waals surface area contributed by atoms with Gasteiger partial charge in [0.25, 0.3) is 5.91 Å². The van der Waals surface area contributed by atoms with Crippen LogP contribution in [0.2, 0.25) is 0 Å². The van der Waals surface area contributed by atoms with Crippen molar-refractivity contribution >= 4 is 17.2 Å². The smallest absolute Gasteiger partial charge is 0.263 e. The first-order valence-corrected chi connectivity index (χ1v) is 8.91. The fourth-order valence-electron chi connectivity index (χ4n) is 2.64. The molecular weight excluding hydrogens is 348 g/mol. The average Bonchev–Trinajstić information content (AvgIpc) is 3.40. The van der Waals surface area contributed by atoms with Gasteiger partial charge in [0.15, 0.2) is 10.9 Å².